The number of benzene rings is 3. The lowest BCUT2D eigenvalue weighted by atomic mass is 10.1. The molecule has 5 rings (SSSR count). The van der Waals surface area contributed by atoms with Crippen LogP contribution in [-0.2, 0) is 6.54 Å². The van der Waals surface area contributed by atoms with Crippen molar-refractivity contribution in [1.82, 2.24) is 0 Å². The van der Waals surface area contributed by atoms with E-state index in [9.17, 15) is 0 Å². The second-order valence-corrected chi connectivity index (χ2v) is 9.75. The molecule has 0 radical (unpaired) electrons. The number of allylic oxidation sites excluding steroid dienone is 1. The van der Waals surface area contributed by atoms with Crippen molar-refractivity contribution in [1.29, 1.82) is 0 Å². The number of aliphatic imine (C=N–C) groups is 1. The normalized spacial score (nSPS) is 12.7. The monoisotopic (exact) mass is 426 g/mol. The number of nitrogens with two attached hydrogens (primary N) is 1. The quantitative estimate of drug-likeness (QED) is 0.234. The van der Waals surface area contributed by atoms with E-state index >= 15 is 0 Å². The molecular formula is C26H22N2S2. The lowest BCUT2D eigenvalue weighted by Gasteiger charge is -2.03. The van der Waals surface area contributed by atoms with Gasteiger partial charge in [-0.2, -0.15) is 0 Å². The number of aryl methyl sites for hydroxylation is 1. The molecule has 2 nitrogen and oxygen atoms in total. The van der Waals surface area contributed by atoms with Crippen LogP contribution in [0.4, 0.5) is 0 Å². The highest BCUT2D eigenvalue weighted by molar-refractivity contribution is 7.25. The third-order valence-corrected chi connectivity index (χ3v) is 7.64. The highest BCUT2D eigenvalue weighted by Gasteiger charge is 2.09. The molecule has 0 bridgehead atoms. The largest absolute Gasteiger partial charge is 0.383 e. The fourth-order valence-electron chi connectivity index (χ4n) is 3.91. The summed E-state index contributed by atoms with van der Waals surface area (Å²) in [5.41, 5.74) is 9.82. The van der Waals surface area contributed by atoms with Crippen LogP contribution in [0, 0.1) is 6.92 Å². The van der Waals surface area contributed by atoms with E-state index in [4.69, 9.17) is 5.73 Å². The molecule has 0 atom stereocenters. The summed E-state index contributed by atoms with van der Waals surface area (Å²) in [6.45, 7) is 4.81. The van der Waals surface area contributed by atoms with Crippen LogP contribution < -0.4 is 5.73 Å². The van der Waals surface area contributed by atoms with Crippen LogP contribution in [-0.4, -0.2) is 5.84 Å². The SMILES string of the molecule is C/C=C\c1c(C)sc2cc(C(N)=NCc3ccc4c(c3)sc3ccccc34)ccc12. The summed E-state index contributed by atoms with van der Waals surface area (Å²) in [5.74, 6) is 0.590. The second-order valence-electron chi connectivity index (χ2n) is 7.41. The Hall–Kier alpha value is -2.95. The Bertz CT molecular complexity index is 1450. The van der Waals surface area contributed by atoms with Gasteiger partial charge in [0.05, 0.1) is 6.54 Å². The number of fused-ring (bicyclic) bond motifs is 4. The Morgan fingerprint density at radius 1 is 0.900 bits per heavy atom. The predicted octanol–water partition coefficient (Wildman–Crippen LogP) is 7.52. The van der Waals surface area contributed by atoms with Crippen molar-refractivity contribution in [3.05, 3.63) is 88.3 Å². The summed E-state index contributed by atoms with van der Waals surface area (Å²) in [6.07, 6.45) is 4.26. The van der Waals surface area contributed by atoms with Crippen molar-refractivity contribution in [3.63, 3.8) is 0 Å². The Kier molecular flexibility index (Phi) is 4.89. The lowest BCUT2D eigenvalue weighted by Crippen LogP contribution is -2.13. The van der Waals surface area contributed by atoms with Crippen molar-refractivity contribution >= 4 is 64.8 Å². The van der Waals surface area contributed by atoms with E-state index in [0.29, 0.717) is 12.4 Å². The van der Waals surface area contributed by atoms with Gasteiger partial charge in [-0.3, -0.25) is 4.99 Å². The van der Waals surface area contributed by atoms with Gasteiger partial charge in [-0.25, -0.2) is 0 Å². The van der Waals surface area contributed by atoms with E-state index in [0.717, 1.165) is 5.56 Å². The van der Waals surface area contributed by atoms with Gasteiger partial charge in [-0.05, 0) is 48.6 Å². The fourth-order valence-corrected chi connectivity index (χ4v) is 6.17. The number of amidine groups is 1. The average Bonchev–Trinajstić information content (AvgIpc) is 3.28. The predicted molar refractivity (Wildman–Crippen MR) is 135 cm³/mol. The maximum Gasteiger partial charge on any atom is 0.126 e. The van der Waals surface area contributed by atoms with Crippen molar-refractivity contribution in [2.45, 2.75) is 20.4 Å². The molecule has 4 heteroatoms. The maximum absolute atomic E-state index is 6.35. The van der Waals surface area contributed by atoms with Crippen molar-refractivity contribution in [2.75, 3.05) is 0 Å². The summed E-state index contributed by atoms with van der Waals surface area (Å²) in [6, 6.07) is 21.6. The first-order valence-corrected chi connectivity index (χ1v) is 11.6. The van der Waals surface area contributed by atoms with E-state index in [-0.39, 0.29) is 0 Å². The molecule has 0 aliphatic rings. The van der Waals surface area contributed by atoms with Gasteiger partial charge in [-0.1, -0.05) is 54.6 Å². The van der Waals surface area contributed by atoms with Crippen LogP contribution in [0.25, 0.3) is 36.3 Å². The number of thiophene rings is 2. The van der Waals surface area contributed by atoms with Gasteiger partial charge in [0.1, 0.15) is 5.84 Å². The van der Waals surface area contributed by atoms with E-state index in [1.807, 2.05) is 22.7 Å². The summed E-state index contributed by atoms with van der Waals surface area (Å²) in [5, 5.41) is 3.91. The molecule has 0 saturated carbocycles. The second kappa shape index (κ2) is 7.71. The summed E-state index contributed by atoms with van der Waals surface area (Å²) < 4.78 is 3.88. The standard InChI is InChI=1S/C26H22N2S2/c1-3-6-19-16(2)29-25-14-18(10-12-21(19)25)26(27)28-15-17-9-11-22-20-7-4-5-8-23(20)30-24(22)13-17/h3-14H,15H2,1-2H3,(H2,27,28)/b6-3-. The molecule has 5 aromatic rings. The Morgan fingerprint density at radius 2 is 1.67 bits per heavy atom. The van der Waals surface area contributed by atoms with E-state index < -0.39 is 0 Å². The zero-order valence-electron chi connectivity index (χ0n) is 17.0. The van der Waals surface area contributed by atoms with Gasteiger partial charge in [0.15, 0.2) is 0 Å². The molecule has 2 heterocycles. The molecule has 2 N–H and O–H groups in total. The van der Waals surface area contributed by atoms with Gasteiger partial charge in [0, 0.05) is 35.3 Å². The highest BCUT2D eigenvalue weighted by atomic mass is 32.1. The Labute approximate surface area is 184 Å². The number of hydrogen-bond donors (Lipinski definition) is 1. The molecule has 0 aliphatic heterocycles. The molecule has 0 amide bonds. The summed E-state index contributed by atoms with van der Waals surface area (Å²) in [7, 11) is 0. The van der Waals surface area contributed by atoms with Crippen molar-refractivity contribution in [2.24, 2.45) is 10.7 Å². The molecule has 30 heavy (non-hydrogen) atoms. The minimum atomic E-state index is 0.585. The zero-order chi connectivity index (χ0) is 20.7. The third-order valence-electron chi connectivity index (χ3n) is 5.42. The minimum Gasteiger partial charge on any atom is -0.383 e. The van der Waals surface area contributed by atoms with Gasteiger partial charge >= 0.3 is 0 Å². The van der Waals surface area contributed by atoms with E-state index in [1.165, 1.54) is 46.3 Å². The van der Waals surface area contributed by atoms with Crippen LogP contribution in [0.15, 0.2) is 71.7 Å². The maximum atomic E-state index is 6.35. The molecule has 0 fully saturated rings. The topological polar surface area (TPSA) is 38.4 Å². The van der Waals surface area contributed by atoms with Crippen LogP contribution in [0.5, 0.6) is 0 Å². The molecule has 2 aromatic heterocycles. The minimum absolute atomic E-state index is 0.585. The third kappa shape index (κ3) is 3.32. The molecular weight excluding hydrogens is 404 g/mol. The Morgan fingerprint density at radius 3 is 2.53 bits per heavy atom. The number of rotatable bonds is 4. The molecule has 148 valence electrons. The summed E-state index contributed by atoms with van der Waals surface area (Å²) in [4.78, 5) is 6.01. The molecule has 3 aromatic carbocycles. The zero-order valence-corrected chi connectivity index (χ0v) is 18.6. The Balaban J connectivity index is 1.44. The number of hydrogen-bond acceptors (Lipinski definition) is 3. The summed E-state index contributed by atoms with van der Waals surface area (Å²) >= 11 is 3.64. The van der Waals surface area contributed by atoms with Crippen LogP contribution in [0.3, 0.4) is 0 Å². The van der Waals surface area contributed by atoms with Gasteiger partial charge in [0.25, 0.3) is 0 Å². The average molecular weight is 427 g/mol. The molecule has 0 unspecified atom stereocenters. The first-order valence-electron chi connectivity index (χ1n) is 10.0. The first-order chi connectivity index (χ1) is 14.6. The highest BCUT2D eigenvalue weighted by Crippen LogP contribution is 2.34. The van der Waals surface area contributed by atoms with Crippen LogP contribution in [0.2, 0.25) is 0 Å². The van der Waals surface area contributed by atoms with Gasteiger partial charge < -0.3 is 5.73 Å². The molecule has 0 aliphatic carbocycles. The van der Waals surface area contributed by atoms with Crippen LogP contribution >= 0.6 is 22.7 Å². The lowest BCUT2D eigenvalue weighted by molar-refractivity contribution is 1.07. The van der Waals surface area contributed by atoms with E-state index in [2.05, 4.69) is 91.7 Å². The smallest absolute Gasteiger partial charge is 0.126 e. The van der Waals surface area contributed by atoms with Crippen LogP contribution in [0.1, 0.15) is 28.5 Å². The number of nitrogens with zero attached hydrogens (tertiary/aromatic N) is 1. The van der Waals surface area contributed by atoms with Gasteiger partial charge in [0.2, 0.25) is 0 Å². The fraction of sp³-hybridized carbons (Fsp3) is 0.115. The van der Waals surface area contributed by atoms with E-state index in [1.54, 1.807) is 0 Å². The molecule has 0 saturated heterocycles. The van der Waals surface area contributed by atoms with Crippen molar-refractivity contribution in [3.8, 4) is 0 Å². The first kappa shape index (κ1) is 19.0. The van der Waals surface area contributed by atoms with Gasteiger partial charge in [-0.15, -0.1) is 22.7 Å². The van der Waals surface area contributed by atoms with Crippen molar-refractivity contribution < 1.29 is 0 Å². The molecule has 0 spiro atoms.